The third-order valence-electron chi connectivity index (χ3n) is 6.90. The molecule has 0 unspecified atom stereocenters. The third kappa shape index (κ3) is 6.61. The number of nitrogens with one attached hydrogen (secondary N) is 2. The van der Waals surface area contributed by atoms with Crippen molar-refractivity contribution in [2.75, 3.05) is 47.0 Å². The number of likely N-dealkylation sites (N-methyl/N-ethyl adjacent to an activating group) is 1. The van der Waals surface area contributed by atoms with Gasteiger partial charge in [-0.2, -0.15) is 0 Å². The zero-order valence-electron chi connectivity index (χ0n) is 19.1. The van der Waals surface area contributed by atoms with Crippen LogP contribution in [-0.4, -0.2) is 63.9 Å². The zero-order chi connectivity index (χ0) is 21.2. The van der Waals surface area contributed by atoms with Gasteiger partial charge < -0.3 is 20.1 Å². The van der Waals surface area contributed by atoms with E-state index in [2.05, 4.69) is 52.7 Å². The molecule has 1 aromatic carbocycles. The third-order valence-corrected chi connectivity index (χ3v) is 6.90. The number of aliphatic imine (C=N–C) groups is 1. The minimum atomic E-state index is 0.475. The summed E-state index contributed by atoms with van der Waals surface area (Å²) in [4.78, 5) is 6.78. The lowest BCUT2D eigenvalue weighted by molar-refractivity contribution is 0.0392. The molecule has 0 atom stereocenters. The van der Waals surface area contributed by atoms with Gasteiger partial charge in [-0.05, 0) is 62.3 Å². The van der Waals surface area contributed by atoms with Crippen LogP contribution in [0.3, 0.4) is 0 Å². The molecule has 2 fully saturated rings. The smallest absolute Gasteiger partial charge is 0.191 e. The summed E-state index contributed by atoms with van der Waals surface area (Å²) in [5, 5.41) is 6.96. The fourth-order valence-corrected chi connectivity index (χ4v) is 4.37. The Morgan fingerprint density at radius 1 is 1.27 bits per heavy atom. The van der Waals surface area contributed by atoms with Gasteiger partial charge in [0, 0.05) is 45.9 Å². The zero-order valence-corrected chi connectivity index (χ0v) is 19.1. The Balaban J connectivity index is 1.39. The first-order valence-electron chi connectivity index (χ1n) is 11.6. The molecule has 1 heterocycles. The van der Waals surface area contributed by atoms with Crippen molar-refractivity contribution in [3.63, 3.8) is 0 Å². The van der Waals surface area contributed by atoms with Crippen molar-refractivity contribution in [2.24, 2.45) is 10.4 Å². The molecule has 1 saturated heterocycles. The van der Waals surface area contributed by atoms with Crippen LogP contribution in [0.2, 0.25) is 0 Å². The number of ether oxygens (including phenoxy) is 2. The van der Waals surface area contributed by atoms with Crippen LogP contribution in [0.25, 0.3) is 0 Å². The van der Waals surface area contributed by atoms with Crippen molar-refractivity contribution in [3.05, 3.63) is 29.8 Å². The van der Waals surface area contributed by atoms with Crippen LogP contribution in [-0.2, 0) is 11.3 Å². The minimum Gasteiger partial charge on any atom is -0.492 e. The Kier molecular flexibility index (Phi) is 8.82. The quantitative estimate of drug-likeness (QED) is 0.452. The lowest BCUT2D eigenvalue weighted by Gasteiger charge is -2.41. The number of nitrogens with zero attached hydrogens (tertiary/aromatic N) is 2. The van der Waals surface area contributed by atoms with Crippen LogP contribution in [0, 0.1) is 5.41 Å². The van der Waals surface area contributed by atoms with E-state index < -0.39 is 0 Å². The molecule has 2 aliphatic rings. The van der Waals surface area contributed by atoms with Gasteiger partial charge in [-0.1, -0.05) is 25.5 Å². The van der Waals surface area contributed by atoms with Crippen molar-refractivity contribution < 1.29 is 9.47 Å². The maximum absolute atomic E-state index is 6.02. The SMILES string of the molecule is CCC1(CNC(=NC)NCc2cccc(OCCN(C)C3CCOCC3)c2)CCC1. The average molecular weight is 417 g/mol. The highest BCUT2D eigenvalue weighted by Gasteiger charge is 2.34. The molecule has 6 heteroatoms. The first kappa shape index (κ1) is 22.9. The normalized spacial score (nSPS) is 19.4. The van der Waals surface area contributed by atoms with Gasteiger partial charge in [-0.25, -0.2) is 0 Å². The van der Waals surface area contributed by atoms with E-state index in [0.29, 0.717) is 18.1 Å². The summed E-state index contributed by atoms with van der Waals surface area (Å²) in [6.45, 7) is 7.43. The van der Waals surface area contributed by atoms with Crippen LogP contribution in [0.15, 0.2) is 29.3 Å². The van der Waals surface area contributed by atoms with Gasteiger partial charge >= 0.3 is 0 Å². The molecule has 1 aromatic rings. The molecule has 2 N–H and O–H groups in total. The second kappa shape index (κ2) is 11.6. The highest BCUT2D eigenvalue weighted by molar-refractivity contribution is 5.79. The monoisotopic (exact) mass is 416 g/mol. The summed E-state index contributed by atoms with van der Waals surface area (Å²) >= 11 is 0. The molecule has 0 spiro atoms. The fraction of sp³-hybridized carbons (Fsp3) is 0.708. The summed E-state index contributed by atoms with van der Waals surface area (Å²) in [7, 11) is 4.02. The van der Waals surface area contributed by atoms with Crippen LogP contribution >= 0.6 is 0 Å². The fourth-order valence-electron chi connectivity index (χ4n) is 4.37. The summed E-state index contributed by atoms with van der Waals surface area (Å²) in [5.74, 6) is 1.80. The van der Waals surface area contributed by atoms with Gasteiger partial charge in [0.05, 0.1) is 0 Å². The molecule has 1 aliphatic carbocycles. The number of hydrogen-bond donors (Lipinski definition) is 2. The molecule has 6 nitrogen and oxygen atoms in total. The Morgan fingerprint density at radius 2 is 2.07 bits per heavy atom. The van der Waals surface area contributed by atoms with Crippen LogP contribution < -0.4 is 15.4 Å². The number of benzene rings is 1. The van der Waals surface area contributed by atoms with Crippen LogP contribution in [0.4, 0.5) is 0 Å². The highest BCUT2D eigenvalue weighted by atomic mass is 16.5. The van der Waals surface area contributed by atoms with Crippen molar-refractivity contribution in [1.82, 2.24) is 15.5 Å². The largest absolute Gasteiger partial charge is 0.492 e. The Morgan fingerprint density at radius 3 is 2.73 bits per heavy atom. The van der Waals surface area contributed by atoms with E-state index in [1.165, 1.54) is 31.2 Å². The second-order valence-electron chi connectivity index (χ2n) is 8.81. The van der Waals surface area contributed by atoms with Crippen molar-refractivity contribution in [1.29, 1.82) is 0 Å². The standard InChI is InChI=1S/C24H40N4O2/c1-4-24(11-6-12-24)19-27-23(25-2)26-18-20-7-5-8-22(17-20)30-16-13-28(3)21-9-14-29-15-10-21/h5,7-8,17,21H,4,6,9-16,18-19H2,1-3H3,(H2,25,26,27). The molecule has 0 radical (unpaired) electrons. The lowest BCUT2D eigenvalue weighted by Crippen LogP contribution is -2.46. The second-order valence-corrected chi connectivity index (χ2v) is 8.81. The summed E-state index contributed by atoms with van der Waals surface area (Å²) < 4.78 is 11.5. The summed E-state index contributed by atoms with van der Waals surface area (Å²) in [6.07, 6.45) is 7.49. The highest BCUT2D eigenvalue weighted by Crippen LogP contribution is 2.42. The van der Waals surface area contributed by atoms with Gasteiger partial charge in [-0.15, -0.1) is 0 Å². The predicted octanol–water partition coefficient (Wildman–Crippen LogP) is 3.42. The van der Waals surface area contributed by atoms with E-state index in [0.717, 1.165) is 57.4 Å². The van der Waals surface area contributed by atoms with Gasteiger partial charge in [0.25, 0.3) is 0 Å². The molecular formula is C24H40N4O2. The lowest BCUT2D eigenvalue weighted by atomic mass is 9.67. The molecule has 168 valence electrons. The van der Waals surface area contributed by atoms with Crippen LogP contribution in [0.1, 0.15) is 51.0 Å². The Hall–Kier alpha value is -1.79. The number of rotatable bonds is 10. The van der Waals surface area contributed by atoms with Gasteiger partial charge in [0.2, 0.25) is 0 Å². The average Bonchev–Trinajstić information content (AvgIpc) is 2.76. The molecule has 30 heavy (non-hydrogen) atoms. The van der Waals surface area contributed by atoms with E-state index in [4.69, 9.17) is 9.47 Å². The minimum absolute atomic E-state index is 0.475. The topological polar surface area (TPSA) is 58.1 Å². The maximum Gasteiger partial charge on any atom is 0.191 e. The molecule has 3 rings (SSSR count). The molecule has 1 saturated carbocycles. The van der Waals surface area contributed by atoms with Gasteiger partial charge in [-0.3, -0.25) is 9.89 Å². The number of hydrogen-bond acceptors (Lipinski definition) is 4. The molecule has 0 bridgehead atoms. The molecule has 0 amide bonds. The van der Waals surface area contributed by atoms with E-state index in [-0.39, 0.29) is 0 Å². The van der Waals surface area contributed by atoms with Crippen molar-refractivity contribution in [2.45, 2.75) is 58.0 Å². The van der Waals surface area contributed by atoms with E-state index in [1.807, 2.05) is 13.1 Å². The first-order chi connectivity index (χ1) is 14.6. The molecule has 1 aliphatic heterocycles. The van der Waals surface area contributed by atoms with Gasteiger partial charge in [0.15, 0.2) is 5.96 Å². The van der Waals surface area contributed by atoms with Crippen LogP contribution in [0.5, 0.6) is 5.75 Å². The van der Waals surface area contributed by atoms with Gasteiger partial charge in [0.1, 0.15) is 12.4 Å². The predicted molar refractivity (Wildman–Crippen MR) is 123 cm³/mol. The molecule has 0 aromatic heterocycles. The Labute approximate surface area is 182 Å². The maximum atomic E-state index is 6.02. The summed E-state index contributed by atoms with van der Waals surface area (Å²) in [5.41, 5.74) is 1.67. The van der Waals surface area contributed by atoms with Crippen molar-refractivity contribution in [3.8, 4) is 5.75 Å². The Bertz CT molecular complexity index is 663. The number of guanidine groups is 1. The first-order valence-corrected chi connectivity index (χ1v) is 11.6. The van der Waals surface area contributed by atoms with E-state index in [1.54, 1.807) is 0 Å². The molecular weight excluding hydrogens is 376 g/mol. The van der Waals surface area contributed by atoms with E-state index in [9.17, 15) is 0 Å². The van der Waals surface area contributed by atoms with Crippen molar-refractivity contribution >= 4 is 5.96 Å². The summed E-state index contributed by atoms with van der Waals surface area (Å²) in [6, 6.07) is 8.95. The van der Waals surface area contributed by atoms with E-state index >= 15 is 0 Å².